The largest absolute Gasteiger partial charge is 0.448 e. The van der Waals surface area contributed by atoms with E-state index in [-0.39, 0.29) is 23.4 Å². The van der Waals surface area contributed by atoms with Gasteiger partial charge < -0.3 is 29.8 Å². The van der Waals surface area contributed by atoms with Crippen LogP contribution in [0, 0.1) is 6.92 Å². The minimum Gasteiger partial charge on any atom is -0.448 e. The summed E-state index contributed by atoms with van der Waals surface area (Å²) < 4.78 is 5.54. The van der Waals surface area contributed by atoms with Gasteiger partial charge in [0, 0.05) is 81.8 Å². The Hall–Kier alpha value is -4.41. The quantitative estimate of drug-likeness (QED) is 0.354. The predicted molar refractivity (Wildman–Crippen MR) is 159 cm³/mol. The Morgan fingerprint density at radius 1 is 1.02 bits per heavy atom. The summed E-state index contributed by atoms with van der Waals surface area (Å²) in [6.07, 6.45) is 9.36. The van der Waals surface area contributed by atoms with Crippen molar-refractivity contribution in [1.82, 2.24) is 20.2 Å². The Morgan fingerprint density at radius 3 is 2.52 bits per heavy atom. The Kier molecular flexibility index (Phi) is 8.07. The van der Waals surface area contributed by atoms with Crippen molar-refractivity contribution >= 4 is 34.8 Å². The molecule has 42 heavy (non-hydrogen) atoms. The third-order valence-corrected chi connectivity index (χ3v) is 8.20. The molecule has 3 amide bonds. The van der Waals surface area contributed by atoms with Gasteiger partial charge in [0.25, 0.3) is 11.8 Å². The SMILES string of the molecule is Cc1cnccc1N1CCN(c2ccc(C(=O)NCCCN3CCCC3=O)cc2NC(=O)c2coc(C3CC3)n2)CC1. The van der Waals surface area contributed by atoms with E-state index in [1.807, 2.05) is 29.4 Å². The number of aromatic nitrogens is 2. The number of carbonyl (C=O) groups is 3. The highest BCUT2D eigenvalue weighted by atomic mass is 16.3. The zero-order valence-corrected chi connectivity index (χ0v) is 24.0. The number of hydrogen-bond acceptors (Lipinski definition) is 8. The lowest BCUT2D eigenvalue weighted by molar-refractivity contribution is -0.127. The molecule has 2 aromatic heterocycles. The number of nitrogens with zero attached hydrogens (tertiary/aromatic N) is 5. The van der Waals surface area contributed by atoms with Gasteiger partial charge in [-0.15, -0.1) is 0 Å². The predicted octanol–water partition coefficient (Wildman–Crippen LogP) is 3.58. The number of aryl methyl sites for hydroxylation is 1. The molecule has 0 atom stereocenters. The standard InChI is InChI=1S/C31H37N7O4/c1-21-19-32-11-9-26(21)36-14-16-37(17-15-36)27-8-7-23(29(40)33-10-3-13-38-12-2-4-28(38)39)18-24(27)34-30(41)25-20-42-31(35-25)22-5-6-22/h7-9,11,18-20,22H,2-6,10,12-17H2,1H3,(H,33,40)(H,34,41). The van der Waals surface area contributed by atoms with Gasteiger partial charge in [-0.1, -0.05) is 0 Å². The highest BCUT2D eigenvalue weighted by molar-refractivity contribution is 6.06. The molecule has 11 heteroatoms. The van der Waals surface area contributed by atoms with E-state index in [4.69, 9.17) is 4.42 Å². The summed E-state index contributed by atoms with van der Waals surface area (Å²) in [4.78, 5) is 53.2. The normalized spacial score (nSPS) is 17.1. The number of piperazine rings is 1. The minimum absolute atomic E-state index is 0.186. The molecule has 11 nitrogen and oxygen atoms in total. The molecule has 0 radical (unpaired) electrons. The third-order valence-electron chi connectivity index (χ3n) is 8.20. The summed E-state index contributed by atoms with van der Waals surface area (Å²) in [5.41, 5.74) is 4.41. The van der Waals surface area contributed by atoms with Crippen LogP contribution in [0.4, 0.5) is 17.1 Å². The summed E-state index contributed by atoms with van der Waals surface area (Å²) in [5.74, 6) is 0.501. The number of carbonyl (C=O) groups excluding carboxylic acids is 3. The number of likely N-dealkylation sites (tertiary alicyclic amines) is 1. The highest BCUT2D eigenvalue weighted by Crippen LogP contribution is 2.39. The van der Waals surface area contributed by atoms with Crippen LogP contribution in [-0.2, 0) is 4.79 Å². The van der Waals surface area contributed by atoms with Gasteiger partial charge in [-0.25, -0.2) is 4.98 Å². The van der Waals surface area contributed by atoms with Crippen molar-refractivity contribution in [2.24, 2.45) is 0 Å². The molecule has 2 aliphatic heterocycles. The van der Waals surface area contributed by atoms with Gasteiger partial charge in [-0.2, -0.15) is 0 Å². The number of rotatable bonds is 10. The maximum atomic E-state index is 13.2. The van der Waals surface area contributed by atoms with Crippen LogP contribution in [-0.4, -0.2) is 78.4 Å². The Balaban J connectivity index is 1.15. The lowest BCUT2D eigenvalue weighted by Gasteiger charge is -2.38. The van der Waals surface area contributed by atoms with Gasteiger partial charge in [0.15, 0.2) is 11.6 Å². The molecule has 1 aliphatic carbocycles. The maximum Gasteiger partial charge on any atom is 0.277 e. The van der Waals surface area contributed by atoms with Gasteiger partial charge in [-0.05, 0) is 62.4 Å². The van der Waals surface area contributed by atoms with Crippen LogP contribution >= 0.6 is 0 Å². The summed E-state index contributed by atoms with van der Waals surface area (Å²) in [6, 6.07) is 7.47. The molecular weight excluding hydrogens is 534 g/mol. The molecule has 3 aliphatic rings. The number of anilines is 3. The third kappa shape index (κ3) is 6.24. The van der Waals surface area contributed by atoms with Gasteiger partial charge in [-0.3, -0.25) is 19.4 Å². The second-order valence-corrected chi connectivity index (χ2v) is 11.3. The van der Waals surface area contributed by atoms with Crippen LogP contribution < -0.4 is 20.4 Å². The number of amides is 3. The fraction of sp³-hybridized carbons (Fsp3) is 0.452. The number of benzene rings is 1. The van der Waals surface area contributed by atoms with E-state index < -0.39 is 0 Å². The average molecular weight is 572 g/mol. The van der Waals surface area contributed by atoms with Crippen LogP contribution in [0.2, 0.25) is 0 Å². The van der Waals surface area contributed by atoms with Crippen LogP contribution in [0.3, 0.4) is 0 Å². The Labute approximate surface area is 245 Å². The van der Waals surface area contributed by atoms with Gasteiger partial charge in [0.2, 0.25) is 5.91 Å². The van der Waals surface area contributed by atoms with E-state index in [0.717, 1.165) is 63.2 Å². The van der Waals surface area contributed by atoms with Crippen LogP contribution in [0.5, 0.6) is 0 Å². The van der Waals surface area contributed by atoms with Crippen molar-refractivity contribution in [3.05, 3.63) is 65.6 Å². The van der Waals surface area contributed by atoms with Crippen molar-refractivity contribution in [1.29, 1.82) is 0 Å². The molecule has 2 saturated heterocycles. The van der Waals surface area contributed by atoms with Crippen molar-refractivity contribution < 1.29 is 18.8 Å². The Bertz CT molecular complexity index is 1460. The van der Waals surface area contributed by atoms with E-state index in [0.29, 0.717) is 49.0 Å². The smallest absolute Gasteiger partial charge is 0.277 e. The molecule has 2 N–H and O–H groups in total. The zero-order valence-electron chi connectivity index (χ0n) is 24.0. The first-order chi connectivity index (χ1) is 20.5. The minimum atomic E-state index is -0.370. The van der Waals surface area contributed by atoms with Gasteiger partial charge in [0.05, 0.1) is 11.4 Å². The molecule has 0 spiro atoms. The van der Waals surface area contributed by atoms with Crippen molar-refractivity contribution in [2.75, 3.05) is 60.9 Å². The second-order valence-electron chi connectivity index (χ2n) is 11.3. The van der Waals surface area contributed by atoms with E-state index in [9.17, 15) is 14.4 Å². The second kappa shape index (κ2) is 12.2. The van der Waals surface area contributed by atoms with Crippen LogP contribution in [0.25, 0.3) is 0 Å². The molecule has 1 saturated carbocycles. The number of nitrogens with one attached hydrogen (secondary N) is 2. The van der Waals surface area contributed by atoms with E-state index in [1.54, 1.807) is 12.1 Å². The maximum absolute atomic E-state index is 13.2. The molecule has 220 valence electrons. The topological polar surface area (TPSA) is 124 Å². The summed E-state index contributed by atoms with van der Waals surface area (Å²) in [7, 11) is 0. The fourth-order valence-corrected chi connectivity index (χ4v) is 5.67. The molecular formula is C31H37N7O4. The van der Waals surface area contributed by atoms with E-state index in [1.165, 1.54) is 12.0 Å². The van der Waals surface area contributed by atoms with Crippen LogP contribution in [0.15, 0.2) is 47.3 Å². The molecule has 0 bridgehead atoms. The average Bonchev–Trinajstić information content (AvgIpc) is 3.59. The molecule has 1 aromatic carbocycles. The number of oxazole rings is 1. The first kappa shape index (κ1) is 27.7. The Morgan fingerprint density at radius 2 is 1.81 bits per heavy atom. The first-order valence-electron chi connectivity index (χ1n) is 14.8. The summed E-state index contributed by atoms with van der Waals surface area (Å²) in [5, 5.41) is 5.96. The lowest BCUT2D eigenvalue weighted by atomic mass is 10.1. The van der Waals surface area contributed by atoms with Crippen molar-refractivity contribution in [2.45, 2.75) is 44.9 Å². The van der Waals surface area contributed by atoms with Crippen LogP contribution in [0.1, 0.15) is 70.3 Å². The lowest BCUT2D eigenvalue weighted by Crippen LogP contribution is -2.47. The van der Waals surface area contributed by atoms with Crippen molar-refractivity contribution in [3.63, 3.8) is 0 Å². The fourth-order valence-electron chi connectivity index (χ4n) is 5.67. The molecule has 0 unspecified atom stereocenters. The van der Waals surface area contributed by atoms with Crippen molar-refractivity contribution in [3.8, 4) is 0 Å². The molecule has 3 fully saturated rings. The molecule has 6 rings (SSSR count). The molecule has 4 heterocycles. The number of pyridine rings is 1. The highest BCUT2D eigenvalue weighted by Gasteiger charge is 2.30. The van der Waals surface area contributed by atoms with Gasteiger partial charge in [0.1, 0.15) is 6.26 Å². The van der Waals surface area contributed by atoms with Gasteiger partial charge >= 0.3 is 0 Å². The van der Waals surface area contributed by atoms with E-state index in [2.05, 4.69) is 37.3 Å². The monoisotopic (exact) mass is 571 g/mol. The summed E-state index contributed by atoms with van der Waals surface area (Å²) >= 11 is 0. The first-order valence-corrected chi connectivity index (χ1v) is 14.8. The summed E-state index contributed by atoms with van der Waals surface area (Å²) in [6.45, 7) is 7.10. The molecule has 3 aromatic rings. The van der Waals surface area contributed by atoms with E-state index >= 15 is 0 Å². The number of hydrogen-bond donors (Lipinski definition) is 2. The zero-order chi connectivity index (χ0) is 29.1.